The van der Waals surface area contributed by atoms with E-state index in [0.717, 1.165) is 0 Å². The Morgan fingerprint density at radius 1 is 1.18 bits per heavy atom. The predicted molar refractivity (Wildman–Crippen MR) is 76.7 cm³/mol. The number of rotatable bonds is 5. The van der Waals surface area contributed by atoms with Gasteiger partial charge in [0.25, 0.3) is 0 Å². The van der Waals surface area contributed by atoms with Gasteiger partial charge in [-0.2, -0.15) is 0 Å². The molecule has 1 heterocycles. The second kappa shape index (κ2) is 5.49. The maximum atomic E-state index is 4.81. The second-order valence-corrected chi connectivity index (χ2v) is 6.75. The smallest absolute Gasteiger partial charge is 0.113 e. The molecule has 3 heteroatoms. The van der Waals surface area contributed by atoms with E-state index in [1.54, 1.807) is 11.3 Å². The fraction of sp³-hybridized carbons (Fsp3) is 0.786. The molecule has 0 fully saturated rings. The molecule has 1 aromatic heterocycles. The van der Waals surface area contributed by atoms with Gasteiger partial charge in [-0.25, -0.2) is 4.98 Å². The van der Waals surface area contributed by atoms with E-state index < -0.39 is 0 Å². The summed E-state index contributed by atoms with van der Waals surface area (Å²) in [5, 5.41) is 7.08. The summed E-state index contributed by atoms with van der Waals surface area (Å²) in [6, 6.07) is 0.466. The summed E-state index contributed by atoms with van der Waals surface area (Å²) >= 11 is 1.78. The topological polar surface area (TPSA) is 24.9 Å². The Hall–Kier alpha value is -0.410. The first-order chi connectivity index (χ1) is 7.77. The van der Waals surface area contributed by atoms with Crippen LogP contribution in [0, 0.1) is 5.92 Å². The van der Waals surface area contributed by atoms with Crippen LogP contribution >= 0.6 is 11.3 Å². The lowest BCUT2D eigenvalue weighted by Gasteiger charge is -2.35. The fourth-order valence-corrected chi connectivity index (χ4v) is 3.12. The minimum absolute atomic E-state index is 0.0219. The first-order valence-corrected chi connectivity index (χ1v) is 7.39. The van der Waals surface area contributed by atoms with Crippen molar-refractivity contribution in [3.05, 3.63) is 16.1 Å². The van der Waals surface area contributed by atoms with Gasteiger partial charge in [-0.15, -0.1) is 11.3 Å². The minimum atomic E-state index is -0.0219. The summed E-state index contributed by atoms with van der Waals surface area (Å²) < 4.78 is 0. The van der Waals surface area contributed by atoms with Crippen LogP contribution in [-0.4, -0.2) is 11.0 Å². The maximum Gasteiger partial charge on any atom is 0.113 e. The fourth-order valence-electron chi connectivity index (χ4n) is 1.86. The van der Waals surface area contributed by atoms with Gasteiger partial charge in [0.15, 0.2) is 0 Å². The van der Waals surface area contributed by atoms with Crippen molar-refractivity contribution in [1.29, 1.82) is 0 Å². The van der Waals surface area contributed by atoms with Gasteiger partial charge in [-0.05, 0) is 32.6 Å². The van der Waals surface area contributed by atoms with Crippen LogP contribution in [0.4, 0.5) is 0 Å². The minimum Gasteiger partial charge on any atom is -0.303 e. The molecule has 0 spiro atoms. The highest BCUT2D eigenvalue weighted by molar-refractivity contribution is 7.09. The van der Waals surface area contributed by atoms with Gasteiger partial charge in [0.2, 0.25) is 0 Å². The molecule has 0 aliphatic heterocycles. The summed E-state index contributed by atoms with van der Waals surface area (Å²) in [6.45, 7) is 15.6. The summed E-state index contributed by atoms with van der Waals surface area (Å²) in [7, 11) is 0. The number of nitrogens with zero attached hydrogens (tertiary/aromatic N) is 1. The largest absolute Gasteiger partial charge is 0.303 e. The molecule has 0 aromatic carbocycles. The van der Waals surface area contributed by atoms with Gasteiger partial charge in [0, 0.05) is 11.4 Å². The summed E-state index contributed by atoms with van der Waals surface area (Å²) in [4.78, 5) is 4.81. The average molecular weight is 254 g/mol. The SMILES string of the molecule is CC(C)NC(C)(c1nc(C(C)C)cs1)C(C)C. The Bertz CT molecular complexity index is 355. The molecule has 0 amide bonds. The van der Waals surface area contributed by atoms with Crippen molar-refractivity contribution >= 4 is 11.3 Å². The molecule has 2 nitrogen and oxygen atoms in total. The van der Waals surface area contributed by atoms with Gasteiger partial charge < -0.3 is 5.32 Å². The van der Waals surface area contributed by atoms with E-state index >= 15 is 0 Å². The standard InChI is InChI=1S/C14H26N2S/c1-9(2)12-8-17-13(15-12)14(7,10(3)4)16-11(5)6/h8-11,16H,1-7H3. The van der Waals surface area contributed by atoms with Crippen LogP contribution in [0.25, 0.3) is 0 Å². The van der Waals surface area contributed by atoms with Crippen molar-refractivity contribution in [3.63, 3.8) is 0 Å². The zero-order valence-electron chi connectivity index (χ0n) is 12.2. The number of hydrogen-bond acceptors (Lipinski definition) is 3. The van der Waals surface area contributed by atoms with Crippen molar-refractivity contribution in [3.8, 4) is 0 Å². The van der Waals surface area contributed by atoms with Crippen LogP contribution in [0.2, 0.25) is 0 Å². The van der Waals surface area contributed by atoms with Gasteiger partial charge in [-0.1, -0.05) is 27.7 Å². The molecule has 1 atom stereocenters. The molecule has 1 rings (SSSR count). The third-order valence-corrected chi connectivity index (χ3v) is 4.40. The lowest BCUT2D eigenvalue weighted by Crippen LogP contribution is -2.47. The monoisotopic (exact) mass is 254 g/mol. The van der Waals surface area contributed by atoms with Crippen molar-refractivity contribution in [2.75, 3.05) is 0 Å². The van der Waals surface area contributed by atoms with Crippen LogP contribution < -0.4 is 5.32 Å². The first-order valence-electron chi connectivity index (χ1n) is 6.51. The molecule has 1 unspecified atom stereocenters. The number of thiazole rings is 1. The van der Waals surface area contributed by atoms with E-state index in [9.17, 15) is 0 Å². The molecule has 17 heavy (non-hydrogen) atoms. The quantitative estimate of drug-likeness (QED) is 0.854. The van der Waals surface area contributed by atoms with Crippen LogP contribution in [0.1, 0.15) is 65.1 Å². The highest BCUT2D eigenvalue weighted by atomic mass is 32.1. The lowest BCUT2D eigenvalue weighted by atomic mass is 9.88. The third-order valence-electron chi connectivity index (χ3n) is 3.30. The van der Waals surface area contributed by atoms with Crippen molar-refractivity contribution < 1.29 is 0 Å². The number of nitrogens with one attached hydrogen (secondary N) is 1. The Balaban J connectivity index is 3.05. The predicted octanol–water partition coefficient (Wildman–Crippen LogP) is 4.14. The molecule has 0 bridgehead atoms. The highest BCUT2D eigenvalue weighted by Gasteiger charge is 2.33. The van der Waals surface area contributed by atoms with Crippen molar-refractivity contribution in [2.45, 2.75) is 66.0 Å². The van der Waals surface area contributed by atoms with Gasteiger partial charge in [0.1, 0.15) is 5.01 Å². The third kappa shape index (κ3) is 3.29. The van der Waals surface area contributed by atoms with E-state index in [1.807, 2.05) is 0 Å². The van der Waals surface area contributed by atoms with Gasteiger partial charge in [0.05, 0.1) is 11.2 Å². The molecule has 1 N–H and O–H groups in total. The summed E-state index contributed by atoms with van der Waals surface area (Å²) in [5.41, 5.74) is 1.19. The van der Waals surface area contributed by atoms with Crippen molar-refractivity contribution in [2.24, 2.45) is 5.92 Å². The van der Waals surface area contributed by atoms with E-state index in [-0.39, 0.29) is 5.54 Å². The van der Waals surface area contributed by atoms with Crippen LogP contribution in [0.15, 0.2) is 5.38 Å². The molecule has 0 aliphatic rings. The molecule has 0 saturated carbocycles. The Labute approximate surface area is 110 Å². The van der Waals surface area contributed by atoms with Crippen molar-refractivity contribution in [1.82, 2.24) is 10.3 Å². The summed E-state index contributed by atoms with van der Waals surface area (Å²) in [6.07, 6.45) is 0. The van der Waals surface area contributed by atoms with E-state index in [4.69, 9.17) is 4.98 Å². The number of aromatic nitrogens is 1. The van der Waals surface area contributed by atoms with Gasteiger partial charge >= 0.3 is 0 Å². The van der Waals surface area contributed by atoms with Crippen LogP contribution in [-0.2, 0) is 5.54 Å². The Morgan fingerprint density at radius 3 is 2.12 bits per heavy atom. The van der Waals surface area contributed by atoms with Crippen LogP contribution in [0.3, 0.4) is 0 Å². The average Bonchev–Trinajstić information content (AvgIpc) is 2.64. The van der Waals surface area contributed by atoms with Gasteiger partial charge in [-0.3, -0.25) is 0 Å². The highest BCUT2D eigenvalue weighted by Crippen LogP contribution is 2.33. The molecule has 0 aliphatic carbocycles. The van der Waals surface area contributed by atoms with E-state index in [1.165, 1.54) is 10.7 Å². The Kier molecular flexibility index (Phi) is 4.73. The molecular weight excluding hydrogens is 228 g/mol. The molecule has 0 saturated heterocycles. The molecule has 1 aromatic rings. The second-order valence-electron chi connectivity index (χ2n) is 5.89. The summed E-state index contributed by atoms with van der Waals surface area (Å²) in [5.74, 6) is 1.03. The molecule has 98 valence electrons. The zero-order chi connectivity index (χ0) is 13.2. The molecule has 0 radical (unpaired) electrons. The van der Waals surface area contributed by atoms with Crippen LogP contribution in [0.5, 0.6) is 0 Å². The normalized spacial score (nSPS) is 15.9. The van der Waals surface area contributed by atoms with E-state index in [0.29, 0.717) is 17.9 Å². The zero-order valence-corrected chi connectivity index (χ0v) is 13.0. The first kappa shape index (κ1) is 14.7. The maximum absolute atomic E-state index is 4.81. The van der Waals surface area contributed by atoms with E-state index in [2.05, 4.69) is 59.2 Å². The number of hydrogen-bond donors (Lipinski definition) is 1. The lowest BCUT2D eigenvalue weighted by molar-refractivity contribution is 0.244. The molecular formula is C14H26N2S. The Morgan fingerprint density at radius 2 is 1.76 bits per heavy atom.